The van der Waals surface area contributed by atoms with Gasteiger partial charge in [0.2, 0.25) is 0 Å². The number of hydrogen-bond donors (Lipinski definition) is 0. The molecule has 6 nitrogen and oxygen atoms in total. The minimum atomic E-state index is -5.69. The van der Waals surface area contributed by atoms with E-state index in [1.54, 1.807) is 13.8 Å². The molecule has 1 aromatic rings. The standard InChI is InChI=1S/C15H19F3O6S/c1-14(2)23-12(9-21-8-11-6-4-3-5-7-11)13(24-14)10-22-25(19,20)15(16,17)18/h3-7,12-13H,8-10H2,1-2H3. The summed E-state index contributed by atoms with van der Waals surface area (Å²) in [7, 11) is -5.69. The zero-order valence-corrected chi connectivity index (χ0v) is 14.5. The van der Waals surface area contributed by atoms with Crippen LogP contribution in [0.5, 0.6) is 0 Å². The molecule has 0 spiro atoms. The van der Waals surface area contributed by atoms with E-state index < -0.39 is 40.2 Å². The van der Waals surface area contributed by atoms with Crippen molar-refractivity contribution in [3.8, 4) is 0 Å². The monoisotopic (exact) mass is 384 g/mol. The van der Waals surface area contributed by atoms with Crippen molar-refractivity contribution in [1.82, 2.24) is 0 Å². The fourth-order valence-corrected chi connectivity index (χ4v) is 2.73. The van der Waals surface area contributed by atoms with Gasteiger partial charge in [0.1, 0.15) is 12.2 Å². The maximum atomic E-state index is 12.3. The molecule has 2 unspecified atom stereocenters. The van der Waals surface area contributed by atoms with E-state index in [2.05, 4.69) is 4.18 Å². The lowest BCUT2D eigenvalue weighted by atomic mass is 10.2. The molecule has 1 fully saturated rings. The molecule has 1 heterocycles. The Bertz CT molecular complexity index is 660. The summed E-state index contributed by atoms with van der Waals surface area (Å²) in [5, 5.41) is 0. The quantitative estimate of drug-likeness (QED) is 0.532. The Labute approximate surface area is 143 Å². The molecular weight excluding hydrogens is 365 g/mol. The van der Waals surface area contributed by atoms with Gasteiger partial charge in [-0.15, -0.1) is 0 Å². The lowest BCUT2D eigenvalue weighted by Crippen LogP contribution is -2.35. The summed E-state index contributed by atoms with van der Waals surface area (Å²) < 4.78 is 79.5. The highest BCUT2D eigenvalue weighted by Gasteiger charge is 2.49. The Balaban J connectivity index is 1.91. The van der Waals surface area contributed by atoms with E-state index >= 15 is 0 Å². The predicted octanol–water partition coefficient (Wildman–Crippen LogP) is 2.59. The van der Waals surface area contributed by atoms with Crippen molar-refractivity contribution in [1.29, 1.82) is 0 Å². The van der Waals surface area contributed by atoms with E-state index in [9.17, 15) is 21.6 Å². The third-order valence-electron chi connectivity index (χ3n) is 3.35. The van der Waals surface area contributed by atoms with Crippen LogP contribution in [0.4, 0.5) is 13.2 Å². The van der Waals surface area contributed by atoms with Crippen LogP contribution in [-0.4, -0.2) is 45.1 Å². The third-order valence-corrected chi connectivity index (χ3v) is 4.36. The Morgan fingerprint density at radius 1 is 1.08 bits per heavy atom. The van der Waals surface area contributed by atoms with Crippen LogP contribution in [0.25, 0.3) is 0 Å². The average Bonchev–Trinajstić information content (AvgIpc) is 2.79. The molecule has 1 aliphatic rings. The smallest absolute Gasteiger partial charge is 0.374 e. The molecule has 10 heteroatoms. The highest BCUT2D eigenvalue weighted by atomic mass is 32.2. The third kappa shape index (κ3) is 5.65. The van der Waals surface area contributed by atoms with Crippen LogP contribution >= 0.6 is 0 Å². The molecule has 0 saturated carbocycles. The van der Waals surface area contributed by atoms with Crippen LogP contribution in [0.1, 0.15) is 19.4 Å². The topological polar surface area (TPSA) is 71.1 Å². The minimum Gasteiger partial charge on any atom is -0.374 e. The van der Waals surface area contributed by atoms with Gasteiger partial charge in [0, 0.05) is 0 Å². The number of alkyl halides is 3. The van der Waals surface area contributed by atoms with E-state index in [-0.39, 0.29) is 13.2 Å². The highest BCUT2D eigenvalue weighted by Crippen LogP contribution is 2.31. The largest absolute Gasteiger partial charge is 0.523 e. The molecule has 142 valence electrons. The maximum Gasteiger partial charge on any atom is 0.523 e. The van der Waals surface area contributed by atoms with E-state index in [0.29, 0.717) is 0 Å². The van der Waals surface area contributed by atoms with E-state index in [1.165, 1.54) is 0 Å². The number of rotatable bonds is 7. The lowest BCUT2D eigenvalue weighted by Gasteiger charge is -2.17. The Kier molecular flexibility index (Phi) is 6.10. The summed E-state index contributed by atoms with van der Waals surface area (Å²) in [4.78, 5) is 0. The second kappa shape index (κ2) is 7.58. The maximum absolute atomic E-state index is 12.3. The van der Waals surface area contributed by atoms with Gasteiger partial charge < -0.3 is 14.2 Å². The van der Waals surface area contributed by atoms with Crippen molar-refractivity contribution in [3.63, 3.8) is 0 Å². The summed E-state index contributed by atoms with van der Waals surface area (Å²) >= 11 is 0. The zero-order chi connectivity index (χ0) is 18.7. The van der Waals surface area contributed by atoms with Gasteiger partial charge in [-0.05, 0) is 19.4 Å². The SMILES string of the molecule is CC1(C)OC(COCc2ccccc2)C(COS(=O)(=O)C(F)(F)F)O1. The predicted molar refractivity (Wildman–Crippen MR) is 80.8 cm³/mol. The molecule has 0 bridgehead atoms. The number of halogens is 3. The molecule has 25 heavy (non-hydrogen) atoms. The summed E-state index contributed by atoms with van der Waals surface area (Å²) in [5.74, 6) is -1.09. The second-order valence-corrected chi connectivity index (χ2v) is 7.50. The molecule has 2 rings (SSSR count). The van der Waals surface area contributed by atoms with Crippen molar-refractivity contribution in [2.75, 3.05) is 13.2 Å². The van der Waals surface area contributed by atoms with Crippen molar-refractivity contribution in [2.24, 2.45) is 0 Å². The lowest BCUT2D eigenvalue weighted by molar-refractivity contribution is -0.153. The highest BCUT2D eigenvalue weighted by molar-refractivity contribution is 7.87. The molecule has 1 saturated heterocycles. The van der Waals surface area contributed by atoms with Gasteiger partial charge in [-0.3, -0.25) is 4.18 Å². The molecule has 0 amide bonds. The molecule has 0 N–H and O–H groups in total. The minimum absolute atomic E-state index is 0.0123. The Morgan fingerprint density at radius 3 is 2.20 bits per heavy atom. The van der Waals surface area contributed by atoms with Crippen molar-refractivity contribution in [3.05, 3.63) is 35.9 Å². The van der Waals surface area contributed by atoms with E-state index in [0.717, 1.165) is 5.56 Å². The fraction of sp³-hybridized carbons (Fsp3) is 0.600. The summed E-state index contributed by atoms with van der Waals surface area (Å²) in [6.07, 6.45) is -1.77. The zero-order valence-electron chi connectivity index (χ0n) is 13.7. The molecule has 0 radical (unpaired) electrons. The van der Waals surface area contributed by atoms with Gasteiger partial charge in [-0.1, -0.05) is 30.3 Å². The summed E-state index contributed by atoms with van der Waals surface area (Å²) in [5.41, 5.74) is -4.57. The first-order valence-electron chi connectivity index (χ1n) is 7.43. The van der Waals surface area contributed by atoms with Gasteiger partial charge >= 0.3 is 15.6 Å². The van der Waals surface area contributed by atoms with E-state index in [4.69, 9.17) is 14.2 Å². The van der Waals surface area contributed by atoms with Crippen molar-refractivity contribution in [2.45, 2.75) is 44.0 Å². The summed E-state index contributed by atoms with van der Waals surface area (Å²) in [6.45, 7) is 2.60. The van der Waals surface area contributed by atoms with Crippen LogP contribution in [0.15, 0.2) is 30.3 Å². The van der Waals surface area contributed by atoms with Gasteiger partial charge in [0.25, 0.3) is 0 Å². The van der Waals surface area contributed by atoms with Crippen LogP contribution in [0.3, 0.4) is 0 Å². The molecule has 1 aliphatic heterocycles. The van der Waals surface area contributed by atoms with Gasteiger partial charge in [-0.2, -0.15) is 21.6 Å². The number of benzene rings is 1. The number of ether oxygens (including phenoxy) is 3. The first-order valence-corrected chi connectivity index (χ1v) is 8.84. The Morgan fingerprint density at radius 2 is 1.64 bits per heavy atom. The first kappa shape index (κ1) is 20.1. The second-order valence-electron chi connectivity index (χ2n) is 5.90. The van der Waals surface area contributed by atoms with Crippen LogP contribution < -0.4 is 0 Å². The van der Waals surface area contributed by atoms with Crippen LogP contribution in [0, 0.1) is 0 Å². The fourth-order valence-electron chi connectivity index (χ4n) is 2.28. The molecule has 0 aliphatic carbocycles. The molecule has 1 aromatic carbocycles. The molecule has 2 atom stereocenters. The normalized spacial score (nSPS) is 23.7. The van der Waals surface area contributed by atoms with Crippen LogP contribution in [0.2, 0.25) is 0 Å². The van der Waals surface area contributed by atoms with Crippen molar-refractivity contribution >= 4 is 10.1 Å². The van der Waals surface area contributed by atoms with Gasteiger partial charge in [-0.25, -0.2) is 0 Å². The van der Waals surface area contributed by atoms with E-state index in [1.807, 2.05) is 30.3 Å². The summed E-state index contributed by atoms with van der Waals surface area (Å²) in [6, 6.07) is 9.25. The van der Waals surface area contributed by atoms with Crippen LogP contribution in [-0.2, 0) is 35.1 Å². The Hall–Kier alpha value is -1.20. The first-order chi connectivity index (χ1) is 11.5. The average molecular weight is 384 g/mol. The molecular formula is C15H19F3O6S. The van der Waals surface area contributed by atoms with Gasteiger partial charge in [0.15, 0.2) is 5.79 Å². The number of hydrogen-bond acceptors (Lipinski definition) is 6. The molecule has 0 aromatic heterocycles. The van der Waals surface area contributed by atoms with Crippen molar-refractivity contribution < 1.29 is 40.0 Å². The van der Waals surface area contributed by atoms with Gasteiger partial charge in [0.05, 0.1) is 19.8 Å².